The molecule has 1 aromatic carbocycles. The third kappa shape index (κ3) is 3.10. The second-order valence-corrected chi connectivity index (χ2v) is 3.71. The molecule has 1 rings (SSSR count). The monoisotopic (exact) mass is 273 g/mol. The van der Waals surface area contributed by atoms with Gasteiger partial charge in [0.25, 0.3) is 5.69 Å². The number of halogens is 1. The number of alkyl halides is 1. The number of benzene rings is 1. The molecule has 7 heteroatoms. The molecule has 0 aliphatic heterocycles. The maximum absolute atomic E-state index is 11.2. The van der Waals surface area contributed by atoms with Gasteiger partial charge in [0, 0.05) is 23.3 Å². The maximum atomic E-state index is 11.2. The van der Waals surface area contributed by atoms with Crippen molar-refractivity contribution >= 4 is 23.3 Å². The minimum absolute atomic E-state index is 0.0546. The highest BCUT2D eigenvalue weighted by Gasteiger charge is 2.18. The van der Waals surface area contributed by atoms with Crippen LogP contribution in [0.1, 0.15) is 11.1 Å². The standard InChI is InChI=1S/C11H12ClNO5/c1-17-10(14)5-7-3-9(13(15)16)4-8(6-12)11(7)18-2/h3-4H,5-6H2,1-2H3. The summed E-state index contributed by atoms with van der Waals surface area (Å²) in [5.74, 6) is -0.0747. The molecule has 0 spiro atoms. The summed E-state index contributed by atoms with van der Waals surface area (Å²) >= 11 is 5.71. The number of carbonyl (C=O) groups excluding carboxylic acids is 1. The highest BCUT2D eigenvalue weighted by Crippen LogP contribution is 2.31. The van der Waals surface area contributed by atoms with E-state index in [0.717, 1.165) is 0 Å². The molecular formula is C11H12ClNO5. The SMILES string of the molecule is COC(=O)Cc1cc([N+](=O)[O-])cc(CCl)c1OC. The van der Waals surface area contributed by atoms with Gasteiger partial charge in [0.05, 0.1) is 31.4 Å². The van der Waals surface area contributed by atoms with E-state index in [1.54, 1.807) is 0 Å². The molecule has 6 nitrogen and oxygen atoms in total. The number of ether oxygens (including phenoxy) is 2. The van der Waals surface area contributed by atoms with Gasteiger partial charge in [0.1, 0.15) is 5.75 Å². The molecule has 0 aromatic heterocycles. The molecule has 1 aromatic rings. The number of carbonyl (C=O) groups is 1. The van der Waals surface area contributed by atoms with Crippen molar-refractivity contribution in [2.45, 2.75) is 12.3 Å². The average Bonchev–Trinajstić information content (AvgIpc) is 2.37. The lowest BCUT2D eigenvalue weighted by Gasteiger charge is -2.11. The molecule has 0 N–H and O–H groups in total. The zero-order valence-corrected chi connectivity index (χ0v) is 10.7. The van der Waals surface area contributed by atoms with Gasteiger partial charge in [-0.25, -0.2) is 0 Å². The van der Waals surface area contributed by atoms with Gasteiger partial charge >= 0.3 is 5.97 Å². The molecule has 0 aliphatic carbocycles. The Morgan fingerprint density at radius 3 is 2.44 bits per heavy atom. The first-order valence-electron chi connectivity index (χ1n) is 5.00. The van der Waals surface area contributed by atoms with E-state index < -0.39 is 10.9 Å². The summed E-state index contributed by atoms with van der Waals surface area (Å²) in [6.45, 7) is 0. The number of hydrogen-bond donors (Lipinski definition) is 0. The van der Waals surface area contributed by atoms with Crippen LogP contribution in [0.15, 0.2) is 12.1 Å². The normalized spacial score (nSPS) is 9.94. The molecule has 0 radical (unpaired) electrons. The molecule has 0 atom stereocenters. The summed E-state index contributed by atoms with van der Waals surface area (Å²) in [5.41, 5.74) is 0.715. The van der Waals surface area contributed by atoms with Crippen LogP contribution in [0.25, 0.3) is 0 Å². The fourth-order valence-corrected chi connectivity index (χ4v) is 1.76. The van der Waals surface area contributed by atoms with Crippen molar-refractivity contribution in [3.05, 3.63) is 33.4 Å². The van der Waals surface area contributed by atoms with Gasteiger partial charge < -0.3 is 9.47 Å². The highest BCUT2D eigenvalue weighted by atomic mass is 35.5. The van der Waals surface area contributed by atoms with Crippen LogP contribution in [0, 0.1) is 10.1 Å². The Balaban J connectivity index is 3.30. The number of nitro groups is 1. The number of hydrogen-bond acceptors (Lipinski definition) is 5. The summed E-state index contributed by atoms with van der Waals surface area (Å²) in [5, 5.41) is 10.8. The van der Waals surface area contributed by atoms with Crippen molar-refractivity contribution in [2.24, 2.45) is 0 Å². The second-order valence-electron chi connectivity index (χ2n) is 3.44. The minimum atomic E-state index is -0.545. The van der Waals surface area contributed by atoms with Gasteiger partial charge in [-0.2, -0.15) is 0 Å². The number of esters is 1. The summed E-state index contributed by atoms with van der Waals surface area (Å²) < 4.78 is 9.66. The van der Waals surface area contributed by atoms with E-state index in [9.17, 15) is 14.9 Å². The Morgan fingerprint density at radius 2 is 2.00 bits per heavy atom. The average molecular weight is 274 g/mol. The van der Waals surface area contributed by atoms with Crippen LogP contribution in [-0.4, -0.2) is 25.1 Å². The van der Waals surface area contributed by atoms with Crippen LogP contribution in [0.2, 0.25) is 0 Å². The van der Waals surface area contributed by atoms with Crippen LogP contribution in [0.5, 0.6) is 5.75 Å². The van der Waals surface area contributed by atoms with E-state index in [2.05, 4.69) is 4.74 Å². The van der Waals surface area contributed by atoms with E-state index in [1.165, 1.54) is 26.4 Å². The predicted octanol–water partition coefficient (Wildman–Crippen LogP) is 2.06. The van der Waals surface area contributed by atoms with Crippen LogP contribution < -0.4 is 4.74 Å². The summed E-state index contributed by atoms with van der Waals surface area (Å²) in [7, 11) is 2.66. The highest BCUT2D eigenvalue weighted by molar-refractivity contribution is 6.17. The molecular weight excluding hydrogens is 262 g/mol. The van der Waals surface area contributed by atoms with E-state index in [0.29, 0.717) is 16.9 Å². The fourth-order valence-electron chi connectivity index (χ4n) is 1.56. The van der Waals surface area contributed by atoms with E-state index in [-0.39, 0.29) is 18.0 Å². The maximum Gasteiger partial charge on any atom is 0.310 e. The first-order chi connectivity index (χ1) is 8.53. The van der Waals surface area contributed by atoms with Gasteiger partial charge in [-0.05, 0) is 0 Å². The zero-order valence-electron chi connectivity index (χ0n) is 9.94. The number of non-ortho nitro benzene ring substituents is 1. The van der Waals surface area contributed by atoms with Gasteiger partial charge in [0.2, 0.25) is 0 Å². The molecule has 0 saturated heterocycles. The Hall–Kier alpha value is -1.82. The third-order valence-electron chi connectivity index (χ3n) is 2.35. The Bertz CT molecular complexity index is 475. The molecule has 0 saturated carbocycles. The van der Waals surface area contributed by atoms with E-state index >= 15 is 0 Å². The summed E-state index contributed by atoms with van der Waals surface area (Å²) in [6.07, 6.45) is -0.106. The first kappa shape index (κ1) is 14.2. The Morgan fingerprint density at radius 1 is 1.39 bits per heavy atom. The van der Waals surface area contributed by atoms with Crippen LogP contribution >= 0.6 is 11.6 Å². The van der Waals surface area contributed by atoms with E-state index in [4.69, 9.17) is 16.3 Å². The number of methoxy groups -OCH3 is 2. The number of rotatable bonds is 5. The number of nitrogens with zero attached hydrogens (tertiary/aromatic N) is 1. The van der Waals surface area contributed by atoms with Gasteiger partial charge in [-0.15, -0.1) is 11.6 Å². The molecule has 0 aliphatic rings. The van der Waals surface area contributed by atoms with Crippen LogP contribution in [0.3, 0.4) is 0 Å². The molecule has 0 unspecified atom stereocenters. The molecule has 18 heavy (non-hydrogen) atoms. The topological polar surface area (TPSA) is 78.7 Å². The lowest BCUT2D eigenvalue weighted by molar-refractivity contribution is -0.385. The zero-order chi connectivity index (χ0) is 13.7. The Labute approximate surface area is 109 Å². The second kappa shape index (κ2) is 6.20. The number of nitro benzene ring substituents is 1. The first-order valence-corrected chi connectivity index (χ1v) is 5.53. The third-order valence-corrected chi connectivity index (χ3v) is 2.64. The van der Waals surface area contributed by atoms with Crippen molar-refractivity contribution in [3.8, 4) is 5.75 Å². The molecule has 98 valence electrons. The largest absolute Gasteiger partial charge is 0.496 e. The minimum Gasteiger partial charge on any atom is -0.496 e. The van der Waals surface area contributed by atoms with Crippen molar-refractivity contribution < 1.29 is 19.2 Å². The van der Waals surface area contributed by atoms with Crippen molar-refractivity contribution in [2.75, 3.05) is 14.2 Å². The van der Waals surface area contributed by atoms with Crippen molar-refractivity contribution in [1.29, 1.82) is 0 Å². The molecule has 0 heterocycles. The quantitative estimate of drug-likeness (QED) is 0.355. The smallest absolute Gasteiger partial charge is 0.310 e. The summed E-state index contributed by atoms with van der Waals surface area (Å²) in [6, 6.07) is 2.61. The van der Waals surface area contributed by atoms with Crippen molar-refractivity contribution in [3.63, 3.8) is 0 Å². The lowest BCUT2D eigenvalue weighted by atomic mass is 10.1. The van der Waals surface area contributed by atoms with E-state index in [1.807, 2.05) is 0 Å². The molecule has 0 fully saturated rings. The van der Waals surface area contributed by atoms with Gasteiger partial charge in [0.15, 0.2) is 0 Å². The van der Waals surface area contributed by atoms with Crippen LogP contribution in [-0.2, 0) is 21.8 Å². The van der Waals surface area contributed by atoms with Gasteiger partial charge in [-0.3, -0.25) is 14.9 Å². The molecule has 0 amide bonds. The fraction of sp³-hybridized carbons (Fsp3) is 0.364. The Kier molecular flexibility index (Phi) is 4.91. The molecule has 0 bridgehead atoms. The van der Waals surface area contributed by atoms with Crippen molar-refractivity contribution in [1.82, 2.24) is 0 Å². The lowest BCUT2D eigenvalue weighted by Crippen LogP contribution is -2.07. The summed E-state index contributed by atoms with van der Waals surface area (Å²) in [4.78, 5) is 21.5. The van der Waals surface area contributed by atoms with Gasteiger partial charge in [-0.1, -0.05) is 0 Å². The predicted molar refractivity (Wildman–Crippen MR) is 64.9 cm³/mol. The van der Waals surface area contributed by atoms with Crippen LogP contribution in [0.4, 0.5) is 5.69 Å².